The summed E-state index contributed by atoms with van der Waals surface area (Å²) in [6, 6.07) is 0. The van der Waals surface area contributed by atoms with Crippen LogP contribution in [0.5, 0.6) is 0 Å². The first-order valence-electron chi connectivity index (χ1n) is 7.15. The van der Waals surface area contributed by atoms with E-state index in [1.54, 1.807) is 0 Å². The molecule has 6 atom stereocenters. The van der Waals surface area contributed by atoms with Gasteiger partial charge in [0.1, 0.15) is 5.78 Å². The molecule has 0 aromatic carbocycles. The Balaban J connectivity index is 2.08. The summed E-state index contributed by atoms with van der Waals surface area (Å²) in [6.45, 7) is 8.31. The molecule has 3 heteroatoms. The molecule has 4 aliphatic rings. The van der Waals surface area contributed by atoms with Crippen molar-refractivity contribution in [2.24, 2.45) is 23.7 Å². The standard InChI is InChI=1S/C15H24O3/c1-8-5-11(16)13-9(8)6-10-12(17)7-15(13,4)18-14(10,2)3/h8-11,13,16H,5-7H2,1-4H3/t8-,9-,10+,11-,13+,15+/m1/s1. The lowest BCUT2D eigenvalue weighted by Crippen LogP contribution is -2.55. The maximum atomic E-state index is 12.4. The average molecular weight is 252 g/mol. The monoisotopic (exact) mass is 252 g/mol. The fraction of sp³-hybridized carbons (Fsp3) is 0.933. The van der Waals surface area contributed by atoms with Gasteiger partial charge in [-0.1, -0.05) is 6.92 Å². The van der Waals surface area contributed by atoms with E-state index in [1.807, 2.05) is 20.8 Å². The Kier molecular flexibility index (Phi) is 2.50. The van der Waals surface area contributed by atoms with Crippen LogP contribution in [0, 0.1) is 23.7 Å². The summed E-state index contributed by atoms with van der Waals surface area (Å²) >= 11 is 0. The van der Waals surface area contributed by atoms with Gasteiger partial charge in [0.2, 0.25) is 0 Å². The minimum absolute atomic E-state index is 0.00771. The number of ether oxygens (including phenoxy) is 1. The molecule has 2 saturated heterocycles. The molecule has 0 radical (unpaired) electrons. The number of fused-ring (bicyclic) bond motifs is 2. The molecule has 0 unspecified atom stereocenters. The average Bonchev–Trinajstić information content (AvgIpc) is 2.35. The van der Waals surface area contributed by atoms with Crippen molar-refractivity contribution in [3.63, 3.8) is 0 Å². The lowest BCUT2D eigenvalue weighted by molar-refractivity contribution is -0.206. The highest BCUT2D eigenvalue weighted by atomic mass is 16.5. The van der Waals surface area contributed by atoms with Crippen molar-refractivity contribution in [1.82, 2.24) is 0 Å². The zero-order chi connectivity index (χ0) is 13.3. The second kappa shape index (κ2) is 3.57. The third kappa shape index (κ3) is 1.53. The topological polar surface area (TPSA) is 46.5 Å². The summed E-state index contributed by atoms with van der Waals surface area (Å²) in [7, 11) is 0. The highest BCUT2D eigenvalue weighted by molar-refractivity contribution is 5.84. The van der Waals surface area contributed by atoms with E-state index in [0.29, 0.717) is 24.0 Å². The molecule has 4 rings (SSSR count). The summed E-state index contributed by atoms with van der Waals surface area (Å²) in [4.78, 5) is 12.4. The molecule has 2 aliphatic carbocycles. The number of carbonyl (C=O) groups is 1. The summed E-state index contributed by atoms with van der Waals surface area (Å²) in [5, 5.41) is 10.4. The molecule has 2 aliphatic heterocycles. The van der Waals surface area contributed by atoms with Crippen LogP contribution in [0.25, 0.3) is 0 Å². The van der Waals surface area contributed by atoms with E-state index in [1.165, 1.54) is 0 Å². The molecule has 18 heavy (non-hydrogen) atoms. The quantitative estimate of drug-likeness (QED) is 0.718. The summed E-state index contributed by atoms with van der Waals surface area (Å²) < 4.78 is 6.31. The summed E-state index contributed by atoms with van der Waals surface area (Å²) in [5.41, 5.74) is -0.851. The van der Waals surface area contributed by atoms with Crippen molar-refractivity contribution in [1.29, 1.82) is 0 Å². The van der Waals surface area contributed by atoms with E-state index >= 15 is 0 Å². The Hall–Kier alpha value is -0.410. The van der Waals surface area contributed by atoms with Crippen LogP contribution in [0.15, 0.2) is 0 Å². The van der Waals surface area contributed by atoms with Crippen molar-refractivity contribution >= 4 is 5.78 Å². The van der Waals surface area contributed by atoms with E-state index in [9.17, 15) is 9.90 Å². The normalized spacial score (nSPS) is 54.3. The molecule has 0 spiro atoms. The van der Waals surface area contributed by atoms with Gasteiger partial charge < -0.3 is 9.84 Å². The Bertz CT molecular complexity index is 389. The van der Waals surface area contributed by atoms with Gasteiger partial charge in [-0.05, 0) is 45.4 Å². The zero-order valence-electron chi connectivity index (χ0n) is 11.8. The van der Waals surface area contributed by atoms with Crippen LogP contribution in [-0.4, -0.2) is 28.2 Å². The number of ketones is 1. The molecule has 2 saturated carbocycles. The van der Waals surface area contributed by atoms with Crippen LogP contribution >= 0.6 is 0 Å². The summed E-state index contributed by atoms with van der Waals surface area (Å²) in [6.07, 6.45) is 1.92. The first kappa shape index (κ1) is 12.6. The molecule has 0 aromatic heterocycles. The SMILES string of the molecule is C[C@@H]1C[C@@H](O)[C@@H]2[C@@H]1C[C@H]1C(=O)C[C@]2(C)OC1(C)C. The van der Waals surface area contributed by atoms with Crippen LogP contribution in [-0.2, 0) is 9.53 Å². The van der Waals surface area contributed by atoms with Gasteiger partial charge in [0.15, 0.2) is 0 Å². The fourth-order valence-corrected chi connectivity index (χ4v) is 5.02. The number of aliphatic hydroxyl groups excluding tert-OH is 1. The van der Waals surface area contributed by atoms with Gasteiger partial charge in [-0.3, -0.25) is 4.79 Å². The van der Waals surface area contributed by atoms with Gasteiger partial charge in [0, 0.05) is 18.3 Å². The molecular weight excluding hydrogens is 228 g/mol. The second-order valence-electron chi connectivity index (χ2n) is 7.42. The van der Waals surface area contributed by atoms with Crippen LogP contribution in [0.1, 0.15) is 47.0 Å². The predicted octanol–water partition coefficient (Wildman–Crippen LogP) is 2.17. The highest BCUT2D eigenvalue weighted by Gasteiger charge is 2.62. The number of carbonyl (C=O) groups excluding carboxylic acids is 1. The number of aliphatic hydroxyl groups is 1. The van der Waals surface area contributed by atoms with Crippen molar-refractivity contribution < 1.29 is 14.6 Å². The molecule has 2 bridgehead atoms. The Labute approximate surface area is 109 Å². The van der Waals surface area contributed by atoms with E-state index in [0.717, 1.165) is 12.8 Å². The minimum atomic E-state index is -0.470. The molecule has 0 amide bonds. The van der Waals surface area contributed by atoms with Crippen molar-refractivity contribution in [2.45, 2.75) is 64.3 Å². The molecule has 4 fully saturated rings. The Morgan fingerprint density at radius 2 is 1.94 bits per heavy atom. The van der Waals surface area contributed by atoms with E-state index in [4.69, 9.17) is 4.74 Å². The summed E-state index contributed by atoms with van der Waals surface area (Å²) in [5.74, 6) is 1.40. The fourth-order valence-electron chi connectivity index (χ4n) is 5.02. The maximum Gasteiger partial charge on any atom is 0.141 e. The van der Waals surface area contributed by atoms with Crippen molar-refractivity contribution in [3.8, 4) is 0 Å². The second-order valence-corrected chi connectivity index (χ2v) is 7.42. The lowest BCUT2D eigenvalue weighted by Gasteiger charge is -2.47. The van der Waals surface area contributed by atoms with Gasteiger partial charge in [-0.15, -0.1) is 0 Å². The first-order chi connectivity index (χ1) is 8.24. The van der Waals surface area contributed by atoms with Crippen LogP contribution in [0.3, 0.4) is 0 Å². The van der Waals surface area contributed by atoms with E-state index in [2.05, 4.69) is 6.92 Å². The number of Topliss-reactive ketones (excluding diaryl/α,β-unsaturated/α-hetero) is 1. The van der Waals surface area contributed by atoms with E-state index < -0.39 is 5.60 Å². The van der Waals surface area contributed by atoms with Crippen LogP contribution in [0.4, 0.5) is 0 Å². The largest absolute Gasteiger partial charge is 0.393 e. The minimum Gasteiger partial charge on any atom is -0.393 e. The molecule has 3 nitrogen and oxygen atoms in total. The smallest absolute Gasteiger partial charge is 0.141 e. The van der Waals surface area contributed by atoms with Gasteiger partial charge in [0.25, 0.3) is 0 Å². The van der Waals surface area contributed by atoms with Gasteiger partial charge in [0.05, 0.1) is 17.3 Å². The maximum absolute atomic E-state index is 12.4. The number of rotatable bonds is 0. The highest BCUT2D eigenvalue weighted by Crippen LogP contribution is 2.57. The van der Waals surface area contributed by atoms with Gasteiger partial charge >= 0.3 is 0 Å². The molecular formula is C15H24O3. The van der Waals surface area contributed by atoms with Crippen LogP contribution < -0.4 is 0 Å². The molecule has 102 valence electrons. The zero-order valence-corrected chi connectivity index (χ0v) is 11.8. The number of hydrogen-bond donors (Lipinski definition) is 1. The first-order valence-corrected chi connectivity index (χ1v) is 7.15. The molecule has 1 N–H and O–H groups in total. The van der Waals surface area contributed by atoms with Crippen LogP contribution in [0.2, 0.25) is 0 Å². The predicted molar refractivity (Wildman–Crippen MR) is 68.1 cm³/mol. The van der Waals surface area contributed by atoms with Gasteiger partial charge in [-0.25, -0.2) is 0 Å². The van der Waals surface area contributed by atoms with Gasteiger partial charge in [-0.2, -0.15) is 0 Å². The third-order valence-corrected chi connectivity index (χ3v) is 5.68. The van der Waals surface area contributed by atoms with Crippen molar-refractivity contribution in [2.75, 3.05) is 0 Å². The van der Waals surface area contributed by atoms with Crippen molar-refractivity contribution in [3.05, 3.63) is 0 Å². The Morgan fingerprint density at radius 3 is 2.56 bits per heavy atom. The Morgan fingerprint density at radius 1 is 1.28 bits per heavy atom. The lowest BCUT2D eigenvalue weighted by atomic mass is 9.77. The number of hydrogen-bond acceptors (Lipinski definition) is 3. The third-order valence-electron chi connectivity index (χ3n) is 5.68. The molecule has 2 heterocycles. The molecule has 0 aromatic rings. The van der Waals surface area contributed by atoms with E-state index in [-0.39, 0.29) is 23.5 Å².